The first-order valence-corrected chi connectivity index (χ1v) is 15.2. The van der Waals surface area contributed by atoms with Crippen LogP contribution in [0, 0.1) is 0 Å². The normalized spacial score (nSPS) is 15.4. The summed E-state index contributed by atoms with van der Waals surface area (Å²) >= 11 is 1.88. The number of aliphatic imine (C=N–C) groups is 1. The number of para-hydroxylation sites is 1. The first kappa shape index (κ1) is 22.6. The van der Waals surface area contributed by atoms with Gasteiger partial charge in [-0.05, 0) is 64.7 Å². The van der Waals surface area contributed by atoms with E-state index in [1.54, 1.807) is 0 Å². The molecule has 8 aromatic rings. The molecule has 4 heterocycles. The fraction of sp³-hybridized carbons (Fsp3) is 0.0263. The van der Waals surface area contributed by atoms with Gasteiger partial charge in [0.2, 0.25) is 0 Å². The van der Waals surface area contributed by atoms with Crippen molar-refractivity contribution in [2.75, 3.05) is 0 Å². The molecule has 2 aliphatic heterocycles. The standard InChI is InChI=1S/C38H23N3S/c1-2-9-22(10-3-1)23-17-18-30-31(21-23)40-38-36(39-30)29-20-24(19-28-26-11-4-6-14-32(26)41(38)37(28)29)25-13-8-16-34-35(25)27-12-5-7-15-33(27)42-34/h1-21,36,39H/p+1. The first-order valence-electron chi connectivity index (χ1n) is 14.4. The number of benzene rings is 6. The third-order valence-electron chi connectivity index (χ3n) is 9.07. The van der Waals surface area contributed by atoms with Crippen LogP contribution >= 0.6 is 11.3 Å². The number of nitrogens with two attached hydrogens (primary N) is 1. The van der Waals surface area contributed by atoms with Crippen LogP contribution in [0.3, 0.4) is 0 Å². The van der Waals surface area contributed by atoms with Gasteiger partial charge in [-0.15, -0.1) is 11.3 Å². The Bertz CT molecular complexity index is 2440. The Balaban J connectivity index is 1.23. The van der Waals surface area contributed by atoms with Crippen molar-refractivity contribution in [2.45, 2.75) is 6.04 Å². The van der Waals surface area contributed by atoms with Crippen molar-refractivity contribution in [2.24, 2.45) is 4.99 Å². The van der Waals surface area contributed by atoms with E-state index in [-0.39, 0.29) is 6.04 Å². The Kier molecular flexibility index (Phi) is 4.45. The number of rotatable bonds is 2. The van der Waals surface area contributed by atoms with Crippen LogP contribution in [0.2, 0.25) is 0 Å². The zero-order valence-corrected chi connectivity index (χ0v) is 23.4. The van der Waals surface area contributed by atoms with E-state index in [9.17, 15) is 0 Å². The Morgan fingerprint density at radius 3 is 2.36 bits per heavy atom. The van der Waals surface area contributed by atoms with E-state index < -0.39 is 0 Å². The molecule has 196 valence electrons. The number of thiophene rings is 1. The van der Waals surface area contributed by atoms with Crippen LogP contribution in [-0.2, 0) is 0 Å². The minimum absolute atomic E-state index is 0.112. The lowest BCUT2D eigenvalue weighted by atomic mass is 9.93. The molecule has 0 fully saturated rings. The number of hydrogen-bond donors (Lipinski definition) is 1. The van der Waals surface area contributed by atoms with E-state index in [1.807, 2.05) is 11.3 Å². The molecule has 0 aliphatic carbocycles. The molecule has 3 nitrogen and oxygen atoms in total. The van der Waals surface area contributed by atoms with E-state index in [0.717, 1.165) is 11.5 Å². The summed E-state index contributed by atoms with van der Waals surface area (Å²) in [6.45, 7) is 0. The monoisotopic (exact) mass is 554 g/mol. The minimum Gasteiger partial charge on any atom is -0.299 e. The summed E-state index contributed by atoms with van der Waals surface area (Å²) < 4.78 is 5.09. The van der Waals surface area contributed by atoms with E-state index >= 15 is 0 Å². The second-order valence-corrected chi connectivity index (χ2v) is 12.4. The van der Waals surface area contributed by atoms with Gasteiger partial charge in [-0.1, -0.05) is 78.9 Å². The van der Waals surface area contributed by atoms with Gasteiger partial charge in [0.15, 0.2) is 17.6 Å². The van der Waals surface area contributed by atoms with Crippen LogP contribution in [0.5, 0.6) is 0 Å². The van der Waals surface area contributed by atoms with Crippen LogP contribution in [0.4, 0.5) is 11.4 Å². The van der Waals surface area contributed by atoms with Crippen LogP contribution in [-0.4, -0.2) is 10.4 Å². The Morgan fingerprint density at radius 2 is 1.43 bits per heavy atom. The molecule has 6 aromatic carbocycles. The first-order chi connectivity index (χ1) is 20.8. The maximum Gasteiger partial charge on any atom is 0.178 e. The highest BCUT2D eigenvalue weighted by atomic mass is 32.1. The Morgan fingerprint density at radius 1 is 0.619 bits per heavy atom. The van der Waals surface area contributed by atoms with Crippen molar-refractivity contribution in [3.8, 4) is 22.3 Å². The fourth-order valence-electron chi connectivity index (χ4n) is 7.23. The molecule has 0 saturated heterocycles. The zero-order valence-electron chi connectivity index (χ0n) is 22.6. The summed E-state index contributed by atoms with van der Waals surface area (Å²) in [4.78, 5) is 5.39. The second kappa shape index (κ2) is 8.26. The second-order valence-electron chi connectivity index (χ2n) is 11.3. The predicted octanol–water partition coefficient (Wildman–Crippen LogP) is 9.34. The topological polar surface area (TPSA) is 33.9 Å². The summed E-state index contributed by atoms with van der Waals surface area (Å²) in [5, 5.41) is 7.69. The van der Waals surface area contributed by atoms with Gasteiger partial charge >= 0.3 is 0 Å². The SMILES string of the molecule is c1ccc(-c2ccc3c(c2)N=C2C([NH2+]3)c3cc(-c4cccc5sc6ccccc6c45)cc4c5ccccc5n2c34)cc1. The van der Waals surface area contributed by atoms with Gasteiger partial charge in [0, 0.05) is 42.6 Å². The minimum atomic E-state index is 0.112. The maximum atomic E-state index is 5.39. The van der Waals surface area contributed by atoms with Gasteiger partial charge in [0.05, 0.1) is 11.0 Å². The van der Waals surface area contributed by atoms with Crippen molar-refractivity contribution in [3.05, 3.63) is 133 Å². The number of hydrogen-bond acceptors (Lipinski definition) is 2. The molecule has 1 unspecified atom stereocenters. The molecular weight excluding hydrogens is 531 g/mol. The largest absolute Gasteiger partial charge is 0.299 e. The van der Waals surface area contributed by atoms with Crippen LogP contribution in [0.15, 0.2) is 132 Å². The Hall–Kier alpha value is -5.03. The van der Waals surface area contributed by atoms with Crippen LogP contribution in [0.25, 0.3) is 64.2 Å². The van der Waals surface area contributed by atoms with Crippen molar-refractivity contribution in [3.63, 3.8) is 0 Å². The van der Waals surface area contributed by atoms with Crippen LogP contribution in [0.1, 0.15) is 11.6 Å². The average molecular weight is 555 g/mol. The molecule has 2 N–H and O–H groups in total. The average Bonchev–Trinajstić information content (AvgIpc) is 3.70. The maximum absolute atomic E-state index is 5.39. The van der Waals surface area contributed by atoms with Crippen molar-refractivity contribution >= 4 is 70.5 Å². The highest BCUT2D eigenvalue weighted by Gasteiger charge is 2.40. The summed E-state index contributed by atoms with van der Waals surface area (Å²) in [5.74, 6) is 1.10. The molecule has 42 heavy (non-hydrogen) atoms. The van der Waals surface area contributed by atoms with Gasteiger partial charge in [-0.25, -0.2) is 4.99 Å². The molecule has 0 spiro atoms. The summed E-state index contributed by atoms with van der Waals surface area (Å²) in [6.07, 6.45) is 0. The summed E-state index contributed by atoms with van der Waals surface area (Å²) in [6, 6.07) is 46.6. The molecule has 1 atom stereocenters. The van der Waals surface area contributed by atoms with E-state index in [2.05, 4.69) is 137 Å². The molecule has 0 amide bonds. The number of aromatic nitrogens is 1. The molecular formula is C38H24N3S+. The molecule has 10 rings (SSSR count). The smallest absolute Gasteiger partial charge is 0.178 e. The molecule has 0 saturated carbocycles. The summed E-state index contributed by atoms with van der Waals surface area (Å²) in [5.41, 5.74) is 11.1. The quantitative estimate of drug-likeness (QED) is 0.207. The lowest BCUT2D eigenvalue weighted by Gasteiger charge is -2.20. The van der Waals surface area contributed by atoms with Crippen LogP contribution < -0.4 is 5.32 Å². The molecule has 2 aromatic heterocycles. The van der Waals surface area contributed by atoms with Gasteiger partial charge in [-0.3, -0.25) is 9.88 Å². The fourth-order valence-corrected chi connectivity index (χ4v) is 8.36. The zero-order chi connectivity index (χ0) is 27.4. The van der Waals surface area contributed by atoms with Crippen molar-refractivity contribution < 1.29 is 5.32 Å². The third kappa shape index (κ3) is 3.00. The summed E-state index contributed by atoms with van der Waals surface area (Å²) in [7, 11) is 0. The van der Waals surface area contributed by atoms with Gasteiger partial charge < -0.3 is 0 Å². The molecule has 2 aliphatic rings. The lowest BCUT2D eigenvalue weighted by molar-refractivity contribution is -0.599. The van der Waals surface area contributed by atoms with E-state index in [4.69, 9.17) is 4.99 Å². The van der Waals surface area contributed by atoms with Gasteiger partial charge in [-0.2, -0.15) is 0 Å². The number of nitrogens with zero attached hydrogens (tertiary/aromatic N) is 2. The number of fused-ring (bicyclic) bond motifs is 10. The molecule has 0 bridgehead atoms. The lowest BCUT2D eigenvalue weighted by Crippen LogP contribution is -2.81. The van der Waals surface area contributed by atoms with Gasteiger partial charge in [0.25, 0.3) is 0 Å². The third-order valence-corrected chi connectivity index (χ3v) is 10.2. The van der Waals surface area contributed by atoms with Crippen molar-refractivity contribution in [1.82, 2.24) is 4.57 Å². The van der Waals surface area contributed by atoms with Gasteiger partial charge in [0.1, 0.15) is 5.69 Å². The van der Waals surface area contributed by atoms with Crippen molar-refractivity contribution in [1.29, 1.82) is 0 Å². The highest BCUT2D eigenvalue weighted by Crippen LogP contribution is 2.46. The predicted molar refractivity (Wildman–Crippen MR) is 176 cm³/mol. The number of quaternary nitrogens is 1. The Labute approximate surface area is 246 Å². The molecule has 4 heteroatoms. The van der Waals surface area contributed by atoms with E-state index in [0.29, 0.717) is 0 Å². The highest BCUT2D eigenvalue weighted by molar-refractivity contribution is 7.25. The van der Waals surface area contributed by atoms with E-state index in [1.165, 1.54) is 75.5 Å². The molecule has 0 radical (unpaired) electrons.